The van der Waals surface area contributed by atoms with E-state index in [4.69, 9.17) is 4.74 Å². The van der Waals surface area contributed by atoms with Crippen LogP contribution in [0.2, 0.25) is 0 Å². The van der Waals surface area contributed by atoms with Crippen LogP contribution in [-0.4, -0.2) is 33.2 Å². The average molecular weight is 402 g/mol. The fraction of sp³-hybridized carbons (Fsp3) is 0.360. The van der Waals surface area contributed by atoms with E-state index in [-0.39, 0.29) is 24.8 Å². The summed E-state index contributed by atoms with van der Waals surface area (Å²) in [5, 5.41) is 12.7. The summed E-state index contributed by atoms with van der Waals surface area (Å²) in [5.74, 6) is 0. The lowest BCUT2D eigenvalue weighted by atomic mass is 9.78. The molecule has 0 aliphatic carbocycles. The number of carbonyl (C=O) groups is 1. The van der Waals surface area contributed by atoms with Crippen LogP contribution in [0.5, 0.6) is 0 Å². The molecule has 5 rings (SSSR count). The quantitative estimate of drug-likeness (QED) is 0.690. The van der Waals surface area contributed by atoms with Crippen LogP contribution in [-0.2, 0) is 16.9 Å². The Morgan fingerprint density at radius 1 is 1.10 bits per heavy atom. The maximum Gasteiger partial charge on any atom is 0.410 e. The molecule has 3 aromatic rings. The first-order valence-corrected chi connectivity index (χ1v) is 10.6. The van der Waals surface area contributed by atoms with Crippen molar-refractivity contribution in [1.29, 1.82) is 0 Å². The highest BCUT2D eigenvalue weighted by molar-refractivity contribution is 5.83. The van der Waals surface area contributed by atoms with Gasteiger partial charge in [0, 0.05) is 36.5 Å². The molecule has 0 radical (unpaired) electrons. The van der Waals surface area contributed by atoms with Crippen molar-refractivity contribution in [2.75, 3.05) is 0 Å². The van der Waals surface area contributed by atoms with E-state index in [0.29, 0.717) is 12.8 Å². The van der Waals surface area contributed by atoms with Gasteiger partial charge in [-0.3, -0.25) is 4.98 Å². The highest BCUT2D eigenvalue weighted by Gasteiger charge is 2.51. The van der Waals surface area contributed by atoms with E-state index in [1.165, 1.54) is 0 Å². The molecule has 2 atom stereocenters. The molecule has 2 bridgehead atoms. The van der Waals surface area contributed by atoms with E-state index in [0.717, 1.165) is 40.4 Å². The number of aliphatic hydroxyl groups is 1. The van der Waals surface area contributed by atoms with Crippen LogP contribution in [0, 0.1) is 6.92 Å². The second-order valence-corrected chi connectivity index (χ2v) is 8.59. The number of amides is 1. The monoisotopic (exact) mass is 402 g/mol. The summed E-state index contributed by atoms with van der Waals surface area (Å²) in [6, 6.07) is 17.7. The van der Waals surface area contributed by atoms with Gasteiger partial charge in [-0.2, -0.15) is 0 Å². The van der Waals surface area contributed by atoms with Crippen LogP contribution in [0.4, 0.5) is 4.79 Å². The van der Waals surface area contributed by atoms with E-state index in [2.05, 4.69) is 4.98 Å². The second kappa shape index (κ2) is 7.40. The number of ether oxygens (including phenoxy) is 1. The van der Waals surface area contributed by atoms with Gasteiger partial charge in [-0.05, 0) is 42.5 Å². The minimum absolute atomic E-state index is 0.00384. The molecule has 2 saturated heterocycles. The molecule has 1 aromatic heterocycles. The molecule has 154 valence electrons. The van der Waals surface area contributed by atoms with Gasteiger partial charge >= 0.3 is 6.09 Å². The number of hydrogen-bond donors (Lipinski definition) is 1. The molecule has 2 aliphatic rings. The highest BCUT2D eigenvalue weighted by Crippen LogP contribution is 2.47. The molecule has 1 N–H and O–H groups in total. The van der Waals surface area contributed by atoms with Crippen molar-refractivity contribution in [2.45, 2.75) is 56.9 Å². The zero-order chi connectivity index (χ0) is 20.7. The van der Waals surface area contributed by atoms with E-state index >= 15 is 0 Å². The summed E-state index contributed by atoms with van der Waals surface area (Å²) >= 11 is 0. The normalized spacial score (nSPS) is 25.5. The third-order valence-corrected chi connectivity index (χ3v) is 6.71. The van der Waals surface area contributed by atoms with Crippen LogP contribution in [0.15, 0.2) is 60.8 Å². The van der Waals surface area contributed by atoms with E-state index in [1.54, 1.807) is 6.20 Å². The maximum absolute atomic E-state index is 12.8. The van der Waals surface area contributed by atoms with E-state index in [9.17, 15) is 9.90 Å². The van der Waals surface area contributed by atoms with Crippen molar-refractivity contribution in [3.8, 4) is 0 Å². The topological polar surface area (TPSA) is 62.7 Å². The first-order valence-electron chi connectivity index (χ1n) is 10.6. The zero-order valence-electron chi connectivity index (χ0n) is 17.1. The fourth-order valence-corrected chi connectivity index (χ4v) is 5.33. The van der Waals surface area contributed by atoms with Gasteiger partial charge < -0.3 is 14.7 Å². The van der Waals surface area contributed by atoms with E-state index in [1.807, 2.05) is 66.4 Å². The van der Waals surface area contributed by atoms with Crippen molar-refractivity contribution >= 4 is 17.0 Å². The number of carbonyl (C=O) groups excluding carboxylic acids is 1. The lowest BCUT2D eigenvalue weighted by molar-refractivity contribution is -0.0539. The number of fused-ring (bicyclic) bond motifs is 3. The Labute approximate surface area is 176 Å². The number of hydrogen-bond acceptors (Lipinski definition) is 4. The Bertz CT molecular complexity index is 1070. The standard InChI is InChI=1S/C25H26N2O3/c1-17-22(12-9-19-8-5-13-26-23(17)19)25(29)14-20-10-11-21(15-25)27(20)24(28)30-16-18-6-3-2-4-7-18/h2-9,12-13,20-21,29H,10-11,14-16H2,1H3. The third kappa shape index (κ3) is 3.23. The molecular formula is C25H26N2O3. The minimum atomic E-state index is -0.947. The Morgan fingerprint density at radius 3 is 2.57 bits per heavy atom. The van der Waals surface area contributed by atoms with Gasteiger partial charge in [0.2, 0.25) is 0 Å². The van der Waals surface area contributed by atoms with Crippen LogP contribution in [0.1, 0.15) is 42.4 Å². The van der Waals surface area contributed by atoms with Gasteiger partial charge in [0.25, 0.3) is 0 Å². The van der Waals surface area contributed by atoms with Crippen molar-refractivity contribution in [2.24, 2.45) is 0 Å². The molecule has 2 unspecified atom stereocenters. The molecular weight excluding hydrogens is 376 g/mol. The molecule has 3 heterocycles. The molecule has 2 aromatic carbocycles. The second-order valence-electron chi connectivity index (χ2n) is 8.59. The SMILES string of the molecule is Cc1c(C2(O)CC3CCC(C2)N3C(=O)OCc2ccccc2)ccc2cccnc12. The molecule has 30 heavy (non-hydrogen) atoms. The largest absolute Gasteiger partial charge is 0.445 e. The molecule has 5 nitrogen and oxygen atoms in total. The predicted molar refractivity (Wildman–Crippen MR) is 115 cm³/mol. The van der Waals surface area contributed by atoms with E-state index < -0.39 is 5.60 Å². The van der Waals surface area contributed by atoms with Crippen molar-refractivity contribution in [3.63, 3.8) is 0 Å². The lowest BCUT2D eigenvalue weighted by Gasteiger charge is -2.44. The first kappa shape index (κ1) is 19.1. The fourth-order valence-electron chi connectivity index (χ4n) is 5.33. The molecule has 5 heteroatoms. The Morgan fingerprint density at radius 2 is 1.83 bits per heavy atom. The lowest BCUT2D eigenvalue weighted by Crippen LogP contribution is -2.52. The van der Waals surface area contributed by atoms with Crippen molar-refractivity contribution in [3.05, 3.63) is 77.5 Å². The van der Waals surface area contributed by atoms with Crippen molar-refractivity contribution < 1.29 is 14.6 Å². The van der Waals surface area contributed by atoms with Crippen LogP contribution in [0.25, 0.3) is 10.9 Å². The van der Waals surface area contributed by atoms with Crippen LogP contribution < -0.4 is 0 Å². The molecule has 2 aliphatic heterocycles. The molecule has 0 spiro atoms. The summed E-state index contributed by atoms with van der Waals surface area (Å²) in [6.07, 6.45) is 4.38. The summed E-state index contributed by atoms with van der Waals surface area (Å²) in [4.78, 5) is 19.2. The smallest absolute Gasteiger partial charge is 0.410 e. The Hall–Kier alpha value is -2.92. The summed E-state index contributed by atoms with van der Waals surface area (Å²) in [6.45, 7) is 2.31. The average Bonchev–Trinajstić information content (AvgIpc) is 3.05. The van der Waals surface area contributed by atoms with Gasteiger partial charge in [-0.25, -0.2) is 4.79 Å². The number of rotatable bonds is 3. The summed E-state index contributed by atoms with van der Waals surface area (Å²) < 4.78 is 5.60. The highest BCUT2D eigenvalue weighted by atomic mass is 16.6. The molecule has 2 fully saturated rings. The van der Waals surface area contributed by atoms with Crippen LogP contribution in [0.3, 0.4) is 0 Å². The van der Waals surface area contributed by atoms with Gasteiger partial charge in [0.15, 0.2) is 0 Å². The van der Waals surface area contributed by atoms with Gasteiger partial charge in [-0.1, -0.05) is 48.5 Å². The third-order valence-electron chi connectivity index (χ3n) is 6.71. The predicted octanol–water partition coefficient (Wildman–Crippen LogP) is 4.69. The van der Waals surface area contributed by atoms with Gasteiger partial charge in [-0.15, -0.1) is 0 Å². The number of pyridine rings is 1. The summed E-state index contributed by atoms with van der Waals surface area (Å²) in [7, 11) is 0. The van der Waals surface area contributed by atoms with Crippen molar-refractivity contribution in [1.82, 2.24) is 9.88 Å². The number of aryl methyl sites for hydroxylation is 1. The Kier molecular flexibility index (Phi) is 4.70. The maximum atomic E-state index is 12.8. The number of benzene rings is 2. The van der Waals surface area contributed by atoms with Gasteiger partial charge in [0.1, 0.15) is 6.61 Å². The van der Waals surface area contributed by atoms with Crippen LogP contribution >= 0.6 is 0 Å². The Balaban J connectivity index is 1.36. The first-order chi connectivity index (χ1) is 14.5. The summed E-state index contributed by atoms with van der Waals surface area (Å²) in [5.41, 5.74) is 2.92. The van der Waals surface area contributed by atoms with Gasteiger partial charge in [0.05, 0.1) is 11.1 Å². The zero-order valence-corrected chi connectivity index (χ0v) is 17.1. The number of piperidine rings is 1. The minimum Gasteiger partial charge on any atom is -0.445 e. The number of nitrogens with zero attached hydrogens (tertiary/aromatic N) is 2. The molecule has 1 amide bonds. The number of aromatic nitrogens is 1. The molecule has 0 saturated carbocycles.